The quantitative estimate of drug-likeness (QED) is 0.840. The Morgan fingerprint density at radius 1 is 1.30 bits per heavy atom. The molecule has 0 radical (unpaired) electrons. The molecule has 0 unspecified atom stereocenters. The van der Waals surface area contributed by atoms with Gasteiger partial charge in [0.25, 0.3) is 0 Å². The van der Waals surface area contributed by atoms with Gasteiger partial charge in [-0.3, -0.25) is 0 Å². The first-order valence-corrected chi connectivity index (χ1v) is 8.29. The third-order valence-corrected chi connectivity index (χ3v) is 4.92. The third-order valence-electron chi connectivity index (χ3n) is 3.26. The summed E-state index contributed by atoms with van der Waals surface area (Å²) in [5.74, 6) is 0. The minimum Gasteiger partial charge on any atom is -0.207 e. The van der Waals surface area contributed by atoms with Gasteiger partial charge in [-0.1, -0.05) is 37.5 Å². The lowest BCUT2D eigenvalue weighted by atomic mass is 9.93. The minimum atomic E-state index is -3.59. The predicted molar refractivity (Wildman–Crippen MR) is 79.7 cm³/mol. The van der Waals surface area contributed by atoms with Crippen molar-refractivity contribution in [3.05, 3.63) is 29.8 Å². The molecule has 4 nitrogen and oxygen atoms in total. The zero-order valence-corrected chi connectivity index (χ0v) is 13.1. The summed E-state index contributed by atoms with van der Waals surface area (Å²) < 4.78 is 27.4. The van der Waals surface area contributed by atoms with Crippen LogP contribution in [0.25, 0.3) is 0 Å². The highest BCUT2D eigenvalue weighted by molar-refractivity contribution is 7.89. The summed E-state index contributed by atoms with van der Waals surface area (Å²) in [5.41, 5.74) is 0.295. The second-order valence-electron chi connectivity index (χ2n) is 5.42. The Morgan fingerprint density at radius 2 is 1.90 bits per heavy atom. The van der Waals surface area contributed by atoms with Gasteiger partial charge in [0.15, 0.2) is 0 Å². The van der Waals surface area contributed by atoms with Gasteiger partial charge in [0.05, 0.1) is 17.4 Å². The van der Waals surface area contributed by atoms with E-state index in [-0.39, 0.29) is 11.3 Å². The maximum atomic E-state index is 12.4. The van der Waals surface area contributed by atoms with Crippen LogP contribution in [-0.4, -0.2) is 14.0 Å². The largest absolute Gasteiger partial charge is 0.241 e. The van der Waals surface area contributed by atoms with Crippen molar-refractivity contribution in [2.75, 3.05) is 0 Å². The molecule has 20 heavy (non-hydrogen) atoms. The van der Waals surface area contributed by atoms with E-state index in [1.54, 1.807) is 31.2 Å². The molecule has 0 aliphatic rings. The van der Waals surface area contributed by atoms with Crippen LogP contribution in [0.3, 0.4) is 0 Å². The molecule has 1 rings (SSSR count). The first-order valence-electron chi connectivity index (χ1n) is 6.80. The van der Waals surface area contributed by atoms with Crippen LogP contribution in [0.4, 0.5) is 0 Å². The van der Waals surface area contributed by atoms with Crippen molar-refractivity contribution in [3.8, 4) is 6.07 Å². The summed E-state index contributed by atoms with van der Waals surface area (Å²) in [6.07, 6.45) is 2.67. The summed E-state index contributed by atoms with van der Waals surface area (Å²) in [7, 11) is -3.59. The highest BCUT2D eigenvalue weighted by Gasteiger charge is 2.30. The van der Waals surface area contributed by atoms with E-state index in [0.717, 1.165) is 18.4 Å². The van der Waals surface area contributed by atoms with Gasteiger partial charge < -0.3 is 0 Å². The Balaban J connectivity index is 2.97. The van der Waals surface area contributed by atoms with Crippen LogP contribution in [0.1, 0.15) is 45.1 Å². The van der Waals surface area contributed by atoms with E-state index >= 15 is 0 Å². The molecule has 0 bridgehead atoms. The monoisotopic (exact) mass is 294 g/mol. The van der Waals surface area contributed by atoms with Crippen molar-refractivity contribution < 1.29 is 8.42 Å². The van der Waals surface area contributed by atoms with E-state index in [2.05, 4.69) is 10.8 Å². The molecule has 5 heteroatoms. The van der Waals surface area contributed by atoms with Gasteiger partial charge >= 0.3 is 0 Å². The number of rotatable bonds is 7. The number of unbranched alkanes of at least 4 members (excludes halogenated alkanes) is 1. The molecule has 1 atom stereocenters. The van der Waals surface area contributed by atoms with E-state index in [1.165, 1.54) is 0 Å². The summed E-state index contributed by atoms with van der Waals surface area (Å²) >= 11 is 0. The van der Waals surface area contributed by atoms with Crippen LogP contribution in [0, 0.1) is 18.3 Å². The Morgan fingerprint density at radius 3 is 2.40 bits per heavy atom. The Hall–Kier alpha value is -1.38. The van der Waals surface area contributed by atoms with Gasteiger partial charge in [-0.2, -0.15) is 5.26 Å². The normalized spacial score (nSPS) is 14.5. The molecule has 0 spiro atoms. The highest BCUT2D eigenvalue weighted by Crippen LogP contribution is 2.21. The van der Waals surface area contributed by atoms with E-state index < -0.39 is 15.6 Å². The number of sulfonamides is 1. The topological polar surface area (TPSA) is 70.0 Å². The smallest absolute Gasteiger partial charge is 0.207 e. The third kappa shape index (κ3) is 4.62. The number of aryl methyl sites for hydroxylation is 1. The summed E-state index contributed by atoms with van der Waals surface area (Å²) in [4.78, 5) is 0.240. The molecule has 1 aromatic carbocycles. The second kappa shape index (κ2) is 6.87. The maximum Gasteiger partial charge on any atom is 0.241 e. The summed E-state index contributed by atoms with van der Waals surface area (Å²) in [6.45, 7) is 5.74. The van der Waals surface area contributed by atoms with Crippen LogP contribution in [0.15, 0.2) is 29.2 Å². The molecule has 0 aliphatic carbocycles. The first-order chi connectivity index (χ1) is 9.33. The average Bonchev–Trinajstić information content (AvgIpc) is 2.36. The molecule has 1 N–H and O–H groups in total. The lowest BCUT2D eigenvalue weighted by Gasteiger charge is -2.28. The number of nitriles is 1. The summed E-state index contributed by atoms with van der Waals surface area (Å²) in [6, 6.07) is 8.78. The van der Waals surface area contributed by atoms with Crippen LogP contribution in [-0.2, 0) is 10.0 Å². The number of hydrogen-bond donors (Lipinski definition) is 1. The zero-order valence-electron chi connectivity index (χ0n) is 12.3. The molecule has 1 aromatic rings. The highest BCUT2D eigenvalue weighted by atomic mass is 32.2. The van der Waals surface area contributed by atoms with Crippen molar-refractivity contribution in [1.82, 2.24) is 4.72 Å². The fourth-order valence-electron chi connectivity index (χ4n) is 2.02. The lowest BCUT2D eigenvalue weighted by molar-refractivity contribution is 0.380. The van der Waals surface area contributed by atoms with Crippen molar-refractivity contribution in [2.24, 2.45) is 0 Å². The Labute approximate surface area is 121 Å². The summed E-state index contributed by atoms with van der Waals surface area (Å²) in [5, 5.41) is 8.92. The molecule has 110 valence electrons. The van der Waals surface area contributed by atoms with Gasteiger partial charge in [-0.05, 0) is 32.4 Å². The van der Waals surface area contributed by atoms with E-state index in [9.17, 15) is 8.42 Å². The molecule has 0 saturated heterocycles. The number of nitrogens with zero attached hydrogens (tertiary/aromatic N) is 1. The van der Waals surface area contributed by atoms with E-state index in [4.69, 9.17) is 5.26 Å². The van der Waals surface area contributed by atoms with Crippen molar-refractivity contribution in [1.29, 1.82) is 5.26 Å². The number of nitrogens with one attached hydrogen (secondary N) is 1. The molecule has 0 heterocycles. The standard InChI is InChI=1S/C15H22N2O2S/c1-4-5-10-15(3,11-12-16)17-20(18,19)14-8-6-13(2)7-9-14/h6-9,17H,4-5,10-11H2,1-3H3/t15-/m1/s1. The predicted octanol–water partition coefficient (Wildman–Crippen LogP) is 3.14. The number of benzene rings is 1. The van der Waals surface area contributed by atoms with E-state index in [1.807, 2.05) is 13.8 Å². The van der Waals surface area contributed by atoms with Crippen LogP contribution >= 0.6 is 0 Å². The van der Waals surface area contributed by atoms with Crippen LogP contribution < -0.4 is 4.72 Å². The van der Waals surface area contributed by atoms with Crippen LogP contribution in [0.5, 0.6) is 0 Å². The molecular formula is C15H22N2O2S. The average molecular weight is 294 g/mol. The zero-order chi connectivity index (χ0) is 15.2. The molecule has 0 aliphatic heterocycles. The van der Waals surface area contributed by atoms with Gasteiger partial charge in [-0.25, -0.2) is 13.1 Å². The molecular weight excluding hydrogens is 272 g/mol. The molecule has 0 saturated carbocycles. The Kier molecular flexibility index (Phi) is 5.73. The van der Waals surface area contributed by atoms with Crippen molar-refractivity contribution >= 4 is 10.0 Å². The second-order valence-corrected chi connectivity index (χ2v) is 7.10. The van der Waals surface area contributed by atoms with E-state index in [0.29, 0.717) is 6.42 Å². The first kappa shape index (κ1) is 16.7. The maximum absolute atomic E-state index is 12.4. The Bertz CT molecular complexity index is 573. The van der Waals surface area contributed by atoms with Gasteiger partial charge in [0.2, 0.25) is 10.0 Å². The van der Waals surface area contributed by atoms with Gasteiger partial charge in [-0.15, -0.1) is 0 Å². The fraction of sp³-hybridized carbons (Fsp3) is 0.533. The van der Waals surface area contributed by atoms with Crippen molar-refractivity contribution in [3.63, 3.8) is 0 Å². The molecule has 0 amide bonds. The molecule has 0 aromatic heterocycles. The fourth-order valence-corrected chi connectivity index (χ4v) is 3.45. The van der Waals surface area contributed by atoms with Crippen molar-refractivity contribution in [2.45, 2.75) is 56.9 Å². The SMILES string of the molecule is CCCC[C@](C)(CC#N)NS(=O)(=O)c1ccc(C)cc1. The number of hydrogen-bond acceptors (Lipinski definition) is 3. The lowest BCUT2D eigenvalue weighted by Crippen LogP contribution is -2.45. The van der Waals surface area contributed by atoms with Crippen LogP contribution in [0.2, 0.25) is 0 Å². The minimum absolute atomic E-state index is 0.165. The molecule has 0 fully saturated rings. The van der Waals surface area contributed by atoms with Gasteiger partial charge in [0, 0.05) is 5.54 Å². The van der Waals surface area contributed by atoms with Gasteiger partial charge in [0.1, 0.15) is 0 Å².